The second-order valence-corrected chi connectivity index (χ2v) is 7.39. The van der Waals surface area contributed by atoms with Crippen LogP contribution in [0.2, 0.25) is 0 Å². The van der Waals surface area contributed by atoms with E-state index < -0.39 is 6.29 Å². The molecule has 0 saturated heterocycles. The summed E-state index contributed by atoms with van der Waals surface area (Å²) in [6.45, 7) is 3.82. The van der Waals surface area contributed by atoms with Crippen LogP contribution in [-0.2, 0) is 0 Å². The molecule has 5 nitrogen and oxygen atoms in total. The standard InChI is InChI=1S/C21H27FN2O3/c1-13(5-3-8-20(25)26)17-10-9-15(12-18(17)22)21-23-14(2)11-19(24-21)27-16-6-4-7-16/h9-13,16,20,25-26H,3-8H2,1-2H3. The zero-order chi connectivity index (χ0) is 19.4. The number of hydrogen-bond acceptors (Lipinski definition) is 5. The van der Waals surface area contributed by atoms with Gasteiger partial charge < -0.3 is 14.9 Å². The fraction of sp³-hybridized carbons (Fsp3) is 0.524. The summed E-state index contributed by atoms with van der Waals surface area (Å²) < 4.78 is 20.5. The predicted molar refractivity (Wildman–Crippen MR) is 101 cm³/mol. The van der Waals surface area contributed by atoms with Crippen LogP contribution < -0.4 is 4.74 Å². The lowest BCUT2D eigenvalue weighted by Crippen LogP contribution is -2.25. The molecule has 1 aromatic carbocycles. The lowest BCUT2D eigenvalue weighted by Gasteiger charge is -2.25. The molecule has 1 atom stereocenters. The molecule has 0 bridgehead atoms. The number of halogens is 1. The molecule has 2 N–H and O–H groups in total. The number of aliphatic hydroxyl groups is 2. The van der Waals surface area contributed by atoms with Crippen LogP contribution >= 0.6 is 0 Å². The third-order valence-corrected chi connectivity index (χ3v) is 5.06. The highest BCUT2D eigenvalue weighted by Crippen LogP contribution is 2.29. The monoisotopic (exact) mass is 374 g/mol. The number of aromatic nitrogens is 2. The molecule has 1 aliphatic rings. The Hall–Kier alpha value is -2.05. The van der Waals surface area contributed by atoms with Gasteiger partial charge in [0.25, 0.3) is 0 Å². The average Bonchev–Trinajstić information content (AvgIpc) is 2.57. The van der Waals surface area contributed by atoms with E-state index in [4.69, 9.17) is 14.9 Å². The van der Waals surface area contributed by atoms with E-state index in [-0.39, 0.29) is 17.8 Å². The first-order chi connectivity index (χ1) is 12.9. The number of nitrogens with zero attached hydrogens (tertiary/aromatic N) is 2. The zero-order valence-corrected chi connectivity index (χ0v) is 15.9. The lowest BCUT2D eigenvalue weighted by atomic mass is 9.94. The van der Waals surface area contributed by atoms with Gasteiger partial charge in [-0.15, -0.1) is 0 Å². The van der Waals surface area contributed by atoms with Crippen LogP contribution in [0.3, 0.4) is 0 Å². The number of rotatable bonds is 8. The molecule has 6 heteroatoms. The van der Waals surface area contributed by atoms with Crippen molar-refractivity contribution in [3.05, 3.63) is 41.3 Å². The van der Waals surface area contributed by atoms with Gasteiger partial charge in [0.1, 0.15) is 11.9 Å². The summed E-state index contributed by atoms with van der Waals surface area (Å²) in [6, 6.07) is 6.87. The van der Waals surface area contributed by atoms with E-state index in [2.05, 4.69) is 9.97 Å². The zero-order valence-electron chi connectivity index (χ0n) is 15.9. The summed E-state index contributed by atoms with van der Waals surface area (Å²) in [4.78, 5) is 8.88. The molecule has 0 spiro atoms. The number of benzene rings is 1. The molecule has 1 aromatic heterocycles. The quantitative estimate of drug-likeness (QED) is 0.680. The van der Waals surface area contributed by atoms with E-state index in [1.54, 1.807) is 6.07 Å². The molecule has 0 amide bonds. The second kappa shape index (κ2) is 8.76. The van der Waals surface area contributed by atoms with Gasteiger partial charge in [0.05, 0.1) is 0 Å². The van der Waals surface area contributed by atoms with Gasteiger partial charge >= 0.3 is 0 Å². The summed E-state index contributed by atoms with van der Waals surface area (Å²) in [5.41, 5.74) is 2.02. The van der Waals surface area contributed by atoms with E-state index in [9.17, 15) is 4.39 Å². The van der Waals surface area contributed by atoms with Crippen molar-refractivity contribution in [1.82, 2.24) is 9.97 Å². The van der Waals surface area contributed by atoms with Crippen LogP contribution in [0.5, 0.6) is 5.88 Å². The molecular weight excluding hydrogens is 347 g/mol. The van der Waals surface area contributed by atoms with Crippen LogP contribution in [0.25, 0.3) is 11.4 Å². The van der Waals surface area contributed by atoms with Crippen LogP contribution in [0, 0.1) is 12.7 Å². The highest BCUT2D eigenvalue weighted by atomic mass is 19.1. The van der Waals surface area contributed by atoms with Crippen molar-refractivity contribution in [2.75, 3.05) is 0 Å². The van der Waals surface area contributed by atoms with E-state index in [1.807, 2.05) is 26.0 Å². The summed E-state index contributed by atoms with van der Waals surface area (Å²) in [6.07, 6.45) is 3.81. The van der Waals surface area contributed by atoms with Crippen LogP contribution in [0.1, 0.15) is 62.6 Å². The first kappa shape index (κ1) is 19.7. The number of aliphatic hydroxyl groups excluding tert-OH is 1. The van der Waals surface area contributed by atoms with Crippen LogP contribution in [0.15, 0.2) is 24.3 Å². The van der Waals surface area contributed by atoms with Crippen molar-refractivity contribution in [3.8, 4) is 17.3 Å². The number of aryl methyl sites for hydroxylation is 1. The molecule has 0 radical (unpaired) electrons. The Balaban J connectivity index is 1.74. The Morgan fingerprint density at radius 3 is 2.59 bits per heavy atom. The molecule has 1 heterocycles. The topological polar surface area (TPSA) is 75.5 Å². The normalized spacial score (nSPS) is 15.6. The fourth-order valence-electron chi connectivity index (χ4n) is 3.22. The first-order valence-corrected chi connectivity index (χ1v) is 9.60. The van der Waals surface area contributed by atoms with Gasteiger partial charge in [-0.1, -0.05) is 19.1 Å². The van der Waals surface area contributed by atoms with Crippen molar-refractivity contribution in [3.63, 3.8) is 0 Å². The van der Waals surface area contributed by atoms with Gasteiger partial charge in [0.2, 0.25) is 5.88 Å². The van der Waals surface area contributed by atoms with Crippen molar-refractivity contribution in [2.24, 2.45) is 0 Å². The fourth-order valence-corrected chi connectivity index (χ4v) is 3.22. The Kier molecular flexibility index (Phi) is 6.39. The molecule has 1 aliphatic carbocycles. The third-order valence-electron chi connectivity index (χ3n) is 5.06. The maximum absolute atomic E-state index is 14.7. The van der Waals surface area contributed by atoms with Crippen LogP contribution in [0.4, 0.5) is 4.39 Å². The summed E-state index contributed by atoms with van der Waals surface area (Å²) in [5, 5.41) is 17.9. The third kappa shape index (κ3) is 5.23. The SMILES string of the molecule is Cc1cc(OC2CCC2)nc(-c2ccc(C(C)CCCC(O)O)c(F)c2)n1. The lowest BCUT2D eigenvalue weighted by molar-refractivity contribution is -0.0467. The van der Waals surface area contributed by atoms with Gasteiger partial charge in [-0.05, 0) is 63.0 Å². The van der Waals surface area contributed by atoms with Gasteiger partial charge in [0, 0.05) is 17.3 Å². The van der Waals surface area contributed by atoms with E-state index in [1.165, 1.54) is 12.5 Å². The Bertz CT molecular complexity index is 778. The Labute approximate surface area is 159 Å². The molecule has 1 fully saturated rings. The molecular formula is C21H27FN2O3. The molecule has 0 aliphatic heterocycles. The van der Waals surface area contributed by atoms with Gasteiger partial charge in [-0.2, -0.15) is 4.98 Å². The van der Waals surface area contributed by atoms with Crippen molar-refractivity contribution in [2.45, 2.75) is 70.7 Å². The minimum atomic E-state index is -1.31. The van der Waals surface area contributed by atoms with Crippen molar-refractivity contribution >= 4 is 0 Å². The minimum Gasteiger partial charge on any atom is -0.474 e. The highest BCUT2D eigenvalue weighted by Gasteiger charge is 2.20. The van der Waals surface area contributed by atoms with Crippen molar-refractivity contribution in [1.29, 1.82) is 0 Å². The van der Waals surface area contributed by atoms with E-state index in [0.717, 1.165) is 18.5 Å². The molecule has 3 rings (SSSR count). The predicted octanol–water partition coefficient (Wildman–Crippen LogP) is 4.11. The van der Waals surface area contributed by atoms with Gasteiger partial charge in [-0.3, -0.25) is 0 Å². The molecule has 1 unspecified atom stereocenters. The number of hydrogen-bond donors (Lipinski definition) is 2. The van der Waals surface area contributed by atoms with E-state index in [0.29, 0.717) is 42.1 Å². The maximum atomic E-state index is 14.7. The molecule has 2 aromatic rings. The largest absolute Gasteiger partial charge is 0.474 e. The Morgan fingerprint density at radius 2 is 1.96 bits per heavy atom. The van der Waals surface area contributed by atoms with Crippen molar-refractivity contribution < 1.29 is 19.3 Å². The molecule has 146 valence electrons. The highest BCUT2D eigenvalue weighted by molar-refractivity contribution is 5.56. The van der Waals surface area contributed by atoms with Gasteiger partial charge in [0.15, 0.2) is 12.1 Å². The Morgan fingerprint density at radius 1 is 1.19 bits per heavy atom. The summed E-state index contributed by atoms with van der Waals surface area (Å²) in [7, 11) is 0. The first-order valence-electron chi connectivity index (χ1n) is 9.60. The minimum absolute atomic E-state index is 0.00580. The smallest absolute Gasteiger partial charge is 0.217 e. The second-order valence-electron chi connectivity index (χ2n) is 7.39. The van der Waals surface area contributed by atoms with Crippen LogP contribution in [-0.4, -0.2) is 32.6 Å². The molecule has 1 saturated carbocycles. The molecule has 27 heavy (non-hydrogen) atoms. The van der Waals surface area contributed by atoms with Gasteiger partial charge in [-0.25, -0.2) is 9.37 Å². The summed E-state index contributed by atoms with van der Waals surface area (Å²) in [5.74, 6) is 0.707. The number of ether oxygens (including phenoxy) is 1. The van der Waals surface area contributed by atoms with E-state index >= 15 is 0 Å². The summed E-state index contributed by atoms with van der Waals surface area (Å²) >= 11 is 0. The maximum Gasteiger partial charge on any atom is 0.217 e. The average molecular weight is 374 g/mol.